The molecule has 1 aliphatic heterocycles. The van der Waals surface area contributed by atoms with E-state index in [1.54, 1.807) is 7.11 Å². The summed E-state index contributed by atoms with van der Waals surface area (Å²) in [5.74, 6) is 2.75. The Hall–Kier alpha value is -1.75. The number of hydrogen-bond acceptors (Lipinski definition) is 4. The molecule has 1 heterocycles. The third-order valence-corrected chi connectivity index (χ3v) is 6.25. The Labute approximate surface area is 150 Å². The number of rotatable bonds is 5. The highest BCUT2D eigenvalue weighted by Gasteiger charge is 2.40. The van der Waals surface area contributed by atoms with Crippen LogP contribution in [0.5, 0.6) is 5.75 Å². The smallest absolute Gasteiger partial charge is 0.234 e. The van der Waals surface area contributed by atoms with Crippen molar-refractivity contribution in [1.82, 2.24) is 10.2 Å². The van der Waals surface area contributed by atoms with Crippen molar-refractivity contribution in [1.29, 1.82) is 0 Å². The second-order valence-electron chi connectivity index (χ2n) is 7.78. The van der Waals surface area contributed by atoms with E-state index < -0.39 is 0 Å². The molecule has 5 heteroatoms. The Bertz CT molecular complexity index is 613. The van der Waals surface area contributed by atoms with Crippen LogP contribution in [0.2, 0.25) is 0 Å². The van der Waals surface area contributed by atoms with Crippen LogP contribution in [0.1, 0.15) is 25.7 Å². The number of methoxy groups -OCH3 is 1. The highest BCUT2D eigenvalue weighted by atomic mass is 16.5. The van der Waals surface area contributed by atoms with Gasteiger partial charge in [-0.1, -0.05) is 18.6 Å². The molecule has 3 aliphatic rings. The molecule has 1 aromatic rings. The Morgan fingerprint density at radius 1 is 1.16 bits per heavy atom. The van der Waals surface area contributed by atoms with E-state index in [1.807, 2.05) is 18.2 Å². The summed E-state index contributed by atoms with van der Waals surface area (Å²) in [5, 5.41) is 3.30. The summed E-state index contributed by atoms with van der Waals surface area (Å²) in [6.07, 6.45) is 5.23. The zero-order chi connectivity index (χ0) is 17.2. The van der Waals surface area contributed by atoms with E-state index in [4.69, 9.17) is 4.74 Å². The van der Waals surface area contributed by atoms with E-state index in [0.717, 1.165) is 49.5 Å². The van der Waals surface area contributed by atoms with Crippen molar-refractivity contribution in [3.8, 4) is 5.75 Å². The first-order chi connectivity index (χ1) is 12.2. The SMILES string of the molecule is COc1ccccc1N1CCN(CC(=O)N[C@H]2C[C@H]3CC[C@H]2C3)CC1. The van der Waals surface area contributed by atoms with Crippen molar-refractivity contribution in [2.75, 3.05) is 44.7 Å². The summed E-state index contributed by atoms with van der Waals surface area (Å²) in [4.78, 5) is 17.0. The van der Waals surface area contributed by atoms with Crippen LogP contribution >= 0.6 is 0 Å². The average molecular weight is 343 g/mol. The van der Waals surface area contributed by atoms with E-state index in [9.17, 15) is 4.79 Å². The Morgan fingerprint density at radius 3 is 2.64 bits per heavy atom. The van der Waals surface area contributed by atoms with Gasteiger partial charge in [0, 0.05) is 32.2 Å². The molecule has 0 aromatic heterocycles. The van der Waals surface area contributed by atoms with Crippen LogP contribution in [-0.2, 0) is 4.79 Å². The summed E-state index contributed by atoms with van der Waals surface area (Å²) < 4.78 is 5.47. The van der Waals surface area contributed by atoms with Gasteiger partial charge in [0.1, 0.15) is 5.75 Å². The minimum atomic E-state index is 0.211. The first kappa shape index (κ1) is 16.7. The fourth-order valence-electron chi connectivity index (χ4n) is 4.91. The van der Waals surface area contributed by atoms with Crippen LogP contribution in [0.25, 0.3) is 0 Å². The van der Waals surface area contributed by atoms with E-state index in [1.165, 1.54) is 25.7 Å². The number of carbonyl (C=O) groups excluding carboxylic acids is 1. The standard InChI is InChI=1S/C20H29N3O2/c1-25-19-5-3-2-4-18(19)23-10-8-22(9-11-23)14-20(24)21-17-13-15-6-7-16(17)12-15/h2-5,15-17H,6-14H2,1H3,(H,21,24)/t15-,16-,17-/m0/s1. The predicted octanol–water partition coefficient (Wildman–Crippen LogP) is 2.12. The van der Waals surface area contributed by atoms with Gasteiger partial charge in [-0.3, -0.25) is 9.69 Å². The maximum absolute atomic E-state index is 12.4. The molecule has 2 saturated carbocycles. The van der Waals surface area contributed by atoms with Gasteiger partial charge < -0.3 is 15.0 Å². The quantitative estimate of drug-likeness (QED) is 0.889. The predicted molar refractivity (Wildman–Crippen MR) is 99.0 cm³/mol. The molecule has 4 rings (SSSR count). The van der Waals surface area contributed by atoms with Gasteiger partial charge in [-0.2, -0.15) is 0 Å². The molecular formula is C20H29N3O2. The van der Waals surface area contributed by atoms with Gasteiger partial charge in [-0.05, 0) is 43.2 Å². The summed E-state index contributed by atoms with van der Waals surface area (Å²) >= 11 is 0. The van der Waals surface area contributed by atoms with E-state index in [-0.39, 0.29) is 5.91 Å². The molecule has 3 fully saturated rings. The molecule has 1 N–H and O–H groups in total. The minimum Gasteiger partial charge on any atom is -0.495 e. The lowest BCUT2D eigenvalue weighted by molar-refractivity contribution is -0.123. The molecule has 1 amide bonds. The van der Waals surface area contributed by atoms with Crippen molar-refractivity contribution in [2.24, 2.45) is 11.8 Å². The van der Waals surface area contributed by atoms with E-state index >= 15 is 0 Å². The number of ether oxygens (including phenoxy) is 1. The van der Waals surface area contributed by atoms with E-state index in [0.29, 0.717) is 12.6 Å². The van der Waals surface area contributed by atoms with Crippen LogP contribution in [0.15, 0.2) is 24.3 Å². The fraction of sp³-hybridized carbons (Fsp3) is 0.650. The molecule has 25 heavy (non-hydrogen) atoms. The molecule has 2 aliphatic carbocycles. The summed E-state index contributed by atoms with van der Waals surface area (Å²) in [7, 11) is 1.72. The molecule has 0 unspecified atom stereocenters. The summed E-state index contributed by atoms with van der Waals surface area (Å²) in [5.41, 5.74) is 1.15. The number of carbonyl (C=O) groups is 1. The maximum atomic E-state index is 12.4. The lowest BCUT2D eigenvalue weighted by Crippen LogP contribution is -2.51. The normalized spacial score (nSPS) is 29.0. The maximum Gasteiger partial charge on any atom is 0.234 e. The molecule has 3 atom stereocenters. The highest BCUT2D eigenvalue weighted by molar-refractivity contribution is 5.78. The zero-order valence-electron chi connectivity index (χ0n) is 15.1. The molecule has 0 radical (unpaired) electrons. The van der Waals surface area contributed by atoms with Crippen molar-refractivity contribution in [2.45, 2.75) is 31.7 Å². The first-order valence-corrected chi connectivity index (χ1v) is 9.62. The number of piperazine rings is 1. The lowest BCUT2D eigenvalue weighted by atomic mass is 9.95. The summed E-state index contributed by atoms with van der Waals surface area (Å²) in [6, 6.07) is 8.60. The van der Waals surface area contributed by atoms with Gasteiger partial charge in [0.2, 0.25) is 5.91 Å². The van der Waals surface area contributed by atoms with Gasteiger partial charge in [-0.15, -0.1) is 0 Å². The number of hydrogen-bond donors (Lipinski definition) is 1. The molecule has 1 saturated heterocycles. The molecular weight excluding hydrogens is 314 g/mol. The topological polar surface area (TPSA) is 44.8 Å². The van der Waals surface area contributed by atoms with Crippen molar-refractivity contribution < 1.29 is 9.53 Å². The number of nitrogens with zero attached hydrogens (tertiary/aromatic N) is 2. The Morgan fingerprint density at radius 2 is 1.96 bits per heavy atom. The minimum absolute atomic E-state index is 0.211. The second-order valence-corrected chi connectivity index (χ2v) is 7.78. The summed E-state index contributed by atoms with van der Waals surface area (Å²) in [6.45, 7) is 4.24. The number of para-hydroxylation sites is 2. The molecule has 1 aromatic carbocycles. The van der Waals surface area contributed by atoms with Gasteiger partial charge in [-0.25, -0.2) is 0 Å². The monoisotopic (exact) mass is 343 g/mol. The lowest BCUT2D eigenvalue weighted by Gasteiger charge is -2.36. The van der Waals surface area contributed by atoms with Crippen molar-refractivity contribution in [3.63, 3.8) is 0 Å². The van der Waals surface area contributed by atoms with Crippen molar-refractivity contribution >= 4 is 11.6 Å². The van der Waals surface area contributed by atoms with Crippen LogP contribution in [0.3, 0.4) is 0 Å². The van der Waals surface area contributed by atoms with Crippen molar-refractivity contribution in [3.05, 3.63) is 24.3 Å². The molecule has 136 valence electrons. The van der Waals surface area contributed by atoms with Gasteiger partial charge in [0.25, 0.3) is 0 Å². The average Bonchev–Trinajstić information content (AvgIpc) is 3.25. The fourth-order valence-corrected chi connectivity index (χ4v) is 4.91. The molecule has 5 nitrogen and oxygen atoms in total. The molecule has 2 bridgehead atoms. The number of nitrogens with one attached hydrogen (secondary N) is 1. The van der Waals surface area contributed by atoms with Gasteiger partial charge in [0.05, 0.1) is 19.3 Å². The Kier molecular flexibility index (Phi) is 4.84. The number of anilines is 1. The van der Waals surface area contributed by atoms with Gasteiger partial charge >= 0.3 is 0 Å². The second kappa shape index (κ2) is 7.24. The Balaban J connectivity index is 1.25. The third-order valence-electron chi connectivity index (χ3n) is 6.25. The van der Waals surface area contributed by atoms with Crippen LogP contribution in [-0.4, -0.2) is 56.7 Å². The number of fused-ring (bicyclic) bond motifs is 2. The highest BCUT2D eigenvalue weighted by Crippen LogP contribution is 2.44. The number of amides is 1. The zero-order valence-corrected chi connectivity index (χ0v) is 15.1. The van der Waals surface area contributed by atoms with E-state index in [2.05, 4.69) is 21.2 Å². The van der Waals surface area contributed by atoms with Gasteiger partial charge in [0.15, 0.2) is 0 Å². The largest absolute Gasteiger partial charge is 0.495 e. The number of benzene rings is 1. The van der Waals surface area contributed by atoms with Crippen LogP contribution < -0.4 is 15.0 Å². The van der Waals surface area contributed by atoms with Crippen LogP contribution in [0.4, 0.5) is 5.69 Å². The van der Waals surface area contributed by atoms with Crippen LogP contribution in [0, 0.1) is 11.8 Å². The first-order valence-electron chi connectivity index (χ1n) is 9.62. The molecule has 0 spiro atoms. The third kappa shape index (κ3) is 3.61.